The fourth-order valence-corrected chi connectivity index (χ4v) is 4.16. The molecule has 2 heterocycles. The van der Waals surface area contributed by atoms with Crippen LogP contribution in [0, 0.1) is 34.0 Å². The minimum absolute atomic E-state index is 0.0288. The zero-order valence-corrected chi connectivity index (χ0v) is 14.9. The summed E-state index contributed by atoms with van der Waals surface area (Å²) in [7, 11) is 0. The van der Waals surface area contributed by atoms with Crippen molar-refractivity contribution >= 4 is 23.6 Å². The van der Waals surface area contributed by atoms with Gasteiger partial charge in [-0.1, -0.05) is 38.5 Å². The van der Waals surface area contributed by atoms with Gasteiger partial charge in [-0.15, -0.1) is 0 Å². The molecular formula is C17H22N4O2S. The van der Waals surface area contributed by atoms with Gasteiger partial charge >= 0.3 is 0 Å². The molecule has 0 bridgehead atoms. The topological polar surface area (TPSA) is 97.0 Å². The summed E-state index contributed by atoms with van der Waals surface area (Å²) in [6.07, 6.45) is 4.35. The highest BCUT2D eigenvalue weighted by Gasteiger charge is 2.44. The average molecular weight is 346 g/mol. The third-order valence-corrected chi connectivity index (χ3v) is 5.62. The number of likely N-dealkylation sites (tertiary alicyclic amines) is 1. The molecule has 7 heteroatoms. The van der Waals surface area contributed by atoms with E-state index in [9.17, 15) is 20.1 Å². The Balaban J connectivity index is 2.11. The zero-order chi connectivity index (χ0) is 17.7. The third kappa shape index (κ3) is 3.73. The number of rotatable bonds is 3. The molecule has 0 aromatic rings. The summed E-state index contributed by atoms with van der Waals surface area (Å²) in [5.41, 5.74) is -0.498. The van der Waals surface area contributed by atoms with Gasteiger partial charge in [0.15, 0.2) is 0 Å². The van der Waals surface area contributed by atoms with Crippen molar-refractivity contribution in [2.24, 2.45) is 11.3 Å². The molecule has 0 aliphatic carbocycles. The van der Waals surface area contributed by atoms with Gasteiger partial charge in [-0.05, 0) is 12.8 Å². The van der Waals surface area contributed by atoms with E-state index < -0.39 is 17.2 Å². The van der Waals surface area contributed by atoms with Gasteiger partial charge in [0.1, 0.15) is 5.92 Å². The number of allylic oxidation sites excluding steroid dienone is 1. The molecule has 6 nitrogen and oxygen atoms in total. The molecule has 0 unspecified atom stereocenters. The van der Waals surface area contributed by atoms with E-state index >= 15 is 0 Å². The summed E-state index contributed by atoms with van der Waals surface area (Å²) in [5.74, 6) is -1.10. The van der Waals surface area contributed by atoms with Gasteiger partial charge in [-0.25, -0.2) is 0 Å². The number of nitrogens with one attached hydrogen (secondary N) is 1. The van der Waals surface area contributed by atoms with Crippen LogP contribution < -0.4 is 5.32 Å². The van der Waals surface area contributed by atoms with Crippen molar-refractivity contribution in [3.63, 3.8) is 0 Å². The molecule has 2 rings (SSSR count). The maximum Gasteiger partial charge on any atom is 0.243 e. The highest BCUT2D eigenvalue weighted by molar-refractivity contribution is 8.03. The number of nitriles is 2. The predicted molar refractivity (Wildman–Crippen MR) is 91.2 cm³/mol. The van der Waals surface area contributed by atoms with Crippen LogP contribution in [0.2, 0.25) is 0 Å². The first-order valence-corrected chi connectivity index (χ1v) is 9.16. The van der Waals surface area contributed by atoms with Crippen LogP contribution >= 0.6 is 11.8 Å². The van der Waals surface area contributed by atoms with Gasteiger partial charge in [-0.3, -0.25) is 9.59 Å². The van der Waals surface area contributed by atoms with Crippen molar-refractivity contribution in [2.45, 2.75) is 39.5 Å². The van der Waals surface area contributed by atoms with E-state index in [4.69, 9.17) is 0 Å². The lowest BCUT2D eigenvalue weighted by Gasteiger charge is -2.34. The Bertz CT molecular complexity index is 634. The largest absolute Gasteiger partial charge is 0.342 e. The molecule has 24 heavy (non-hydrogen) atoms. The standard InChI is InChI=1S/C17H22N4O2S/c1-17(2)12(9-18)15(23)20-16(13(17)10-19)24-11-14(22)21-7-5-3-4-6-8-21/h12H,3-8,11H2,1-2H3,(H,20,23)/t12-/m1/s1. The number of hydrogen-bond donors (Lipinski definition) is 1. The van der Waals surface area contributed by atoms with Crippen LogP contribution in [0.25, 0.3) is 0 Å². The van der Waals surface area contributed by atoms with Gasteiger partial charge < -0.3 is 10.2 Å². The number of carbonyl (C=O) groups excluding carboxylic acids is 2. The summed E-state index contributed by atoms with van der Waals surface area (Å²) in [6, 6.07) is 4.08. The second kappa shape index (κ2) is 7.72. The van der Waals surface area contributed by atoms with Gasteiger partial charge in [0.25, 0.3) is 0 Å². The van der Waals surface area contributed by atoms with E-state index in [1.807, 2.05) is 11.0 Å². The highest BCUT2D eigenvalue weighted by Crippen LogP contribution is 2.41. The summed E-state index contributed by atoms with van der Waals surface area (Å²) in [5, 5.41) is 21.7. The Morgan fingerprint density at radius 2 is 1.92 bits per heavy atom. The first-order chi connectivity index (χ1) is 11.4. The maximum atomic E-state index is 12.4. The summed E-state index contributed by atoms with van der Waals surface area (Å²) in [6.45, 7) is 4.99. The van der Waals surface area contributed by atoms with Gasteiger partial charge in [-0.2, -0.15) is 10.5 Å². The number of carbonyl (C=O) groups is 2. The van der Waals surface area contributed by atoms with E-state index in [0.29, 0.717) is 10.6 Å². The lowest BCUT2D eigenvalue weighted by Crippen LogP contribution is -2.44. The maximum absolute atomic E-state index is 12.4. The average Bonchev–Trinajstić information content (AvgIpc) is 2.81. The molecule has 0 radical (unpaired) electrons. The zero-order valence-electron chi connectivity index (χ0n) is 14.1. The van der Waals surface area contributed by atoms with E-state index in [1.165, 1.54) is 11.8 Å². The highest BCUT2D eigenvalue weighted by atomic mass is 32.2. The molecule has 0 spiro atoms. The van der Waals surface area contributed by atoms with Crippen LogP contribution in [-0.4, -0.2) is 35.6 Å². The Morgan fingerprint density at radius 1 is 1.29 bits per heavy atom. The number of amides is 2. The molecule has 1 N–H and O–H groups in total. The number of thioether (sulfide) groups is 1. The van der Waals surface area contributed by atoms with Crippen molar-refractivity contribution in [1.29, 1.82) is 10.5 Å². The molecule has 2 amide bonds. The molecule has 1 atom stereocenters. The van der Waals surface area contributed by atoms with Crippen LogP contribution in [0.1, 0.15) is 39.5 Å². The second-order valence-corrected chi connectivity index (χ2v) is 7.66. The van der Waals surface area contributed by atoms with E-state index in [0.717, 1.165) is 38.8 Å². The molecule has 2 aliphatic rings. The third-order valence-electron chi connectivity index (χ3n) is 4.63. The van der Waals surface area contributed by atoms with Crippen molar-refractivity contribution in [3.8, 4) is 12.1 Å². The van der Waals surface area contributed by atoms with Crippen LogP contribution in [-0.2, 0) is 9.59 Å². The predicted octanol–water partition coefficient (Wildman–Crippen LogP) is 2.15. The minimum atomic E-state index is -0.905. The molecule has 0 aromatic heterocycles. The lowest BCUT2D eigenvalue weighted by molar-refractivity contribution is -0.128. The molecule has 128 valence electrons. The minimum Gasteiger partial charge on any atom is -0.342 e. The van der Waals surface area contributed by atoms with Gasteiger partial charge in [0.2, 0.25) is 11.8 Å². The SMILES string of the molecule is CC1(C)C(C#N)=C(SCC(=O)N2CCCCCC2)NC(=O)[C@H]1C#N. The molecule has 2 aliphatic heterocycles. The Morgan fingerprint density at radius 3 is 2.46 bits per heavy atom. The fourth-order valence-electron chi connectivity index (χ4n) is 3.08. The van der Waals surface area contributed by atoms with Gasteiger partial charge in [0.05, 0.1) is 28.5 Å². The normalized spacial score (nSPS) is 23.8. The quantitative estimate of drug-likeness (QED) is 0.844. The molecule has 0 aromatic carbocycles. The first-order valence-electron chi connectivity index (χ1n) is 8.17. The Kier molecular flexibility index (Phi) is 5.90. The van der Waals surface area contributed by atoms with Crippen molar-refractivity contribution < 1.29 is 9.59 Å². The first kappa shape index (κ1) is 18.4. The fraction of sp³-hybridized carbons (Fsp3) is 0.647. The Hall–Kier alpha value is -1.99. The van der Waals surface area contributed by atoms with Crippen LogP contribution in [0.4, 0.5) is 0 Å². The van der Waals surface area contributed by atoms with Gasteiger partial charge in [0, 0.05) is 18.5 Å². The smallest absolute Gasteiger partial charge is 0.243 e. The van der Waals surface area contributed by atoms with Crippen LogP contribution in [0.3, 0.4) is 0 Å². The van der Waals surface area contributed by atoms with E-state index in [-0.39, 0.29) is 11.7 Å². The number of hydrogen-bond acceptors (Lipinski definition) is 5. The number of nitrogens with zero attached hydrogens (tertiary/aromatic N) is 3. The second-order valence-electron chi connectivity index (χ2n) is 6.67. The summed E-state index contributed by atoms with van der Waals surface area (Å²) < 4.78 is 0. The summed E-state index contributed by atoms with van der Waals surface area (Å²) in [4.78, 5) is 26.4. The molecule has 0 saturated carbocycles. The van der Waals surface area contributed by atoms with E-state index in [2.05, 4.69) is 11.4 Å². The monoisotopic (exact) mass is 346 g/mol. The van der Waals surface area contributed by atoms with Crippen molar-refractivity contribution in [2.75, 3.05) is 18.8 Å². The van der Waals surface area contributed by atoms with E-state index in [1.54, 1.807) is 13.8 Å². The molecular weight excluding hydrogens is 324 g/mol. The summed E-state index contributed by atoms with van der Waals surface area (Å²) >= 11 is 1.18. The lowest BCUT2D eigenvalue weighted by atomic mass is 9.72. The van der Waals surface area contributed by atoms with Crippen molar-refractivity contribution in [3.05, 3.63) is 10.6 Å². The Labute approximate surface area is 146 Å². The van der Waals surface area contributed by atoms with Crippen LogP contribution in [0.15, 0.2) is 10.6 Å². The molecule has 1 fully saturated rings. The molecule has 1 saturated heterocycles. The van der Waals surface area contributed by atoms with Crippen LogP contribution in [0.5, 0.6) is 0 Å². The van der Waals surface area contributed by atoms with Crippen molar-refractivity contribution in [1.82, 2.24) is 10.2 Å².